The first-order chi connectivity index (χ1) is 13.0. The van der Waals surface area contributed by atoms with Crippen molar-refractivity contribution >= 4 is 29.2 Å². The molecular formula is C19H20N4O3S. The van der Waals surface area contributed by atoms with Crippen LogP contribution in [0.2, 0.25) is 0 Å². The summed E-state index contributed by atoms with van der Waals surface area (Å²) in [5, 5.41) is 5.48. The molecule has 1 spiro atoms. The second-order valence-electron chi connectivity index (χ2n) is 6.96. The Morgan fingerprint density at radius 2 is 1.93 bits per heavy atom. The van der Waals surface area contributed by atoms with Crippen LogP contribution in [0.5, 0.6) is 0 Å². The maximum atomic E-state index is 12.8. The molecule has 0 saturated carbocycles. The number of likely N-dealkylation sites (N-methyl/N-ethyl adjacent to an activating group) is 1. The van der Waals surface area contributed by atoms with Gasteiger partial charge in [0.25, 0.3) is 11.8 Å². The van der Waals surface area contributed by atoms with Crippen LogP contribution in [0.25, 0.3) is 0 Å². The normalized spacial score (nSPS) is 18.9. The molecule has 8 heteroatoms. The predicted molar refractivity (Wildman–Crippen MR) is 101 cm³/mol. The van der Waals surface area contributed by atoms with Crippen LogP contribution in [0.4, 0.5) is 4.79 Å². The van der Waals surface area contributed by atoms with Gasteiger partial charge in [0.15, 0.2) is 0 Å². The summed E-state index contributed by atoms with van der Waals surface area (Å²) in [4.78, 5) is 44.2. The zero-order valence-electron chi connectivity index (χ0n) is 15.0. The zero-order chi connectivity index (χ0) is 19.0. The lowest BCUT2D eigenvalue weighted by Gasteiger charge is -2.36. The van der Waals surface area contributed by atoms with E-state index in [4.69, 9.17) is 0 Å². The van der Waals surface area contributed by atoms with Crippen molar-refractivity contribution in [1.82, 2.24) is 20.1 Å². The van der Waals surface area contributed by atoms with Gasteiger partial charge in [-0.1, -0.05) is 30.3 Å². The van der Waals surface area contributed by atoms with E-state index >= 15 is 0 Å². The molecule has 2 aromatic rings. The van der Waals surface area contributed by atoms with E-state index in [0.29, 0.717) is 38.0 Å². The molecule has 2 fully saturated rings. The number of urea groups is 1. The van der Waals surface area contributed by atoms with E-state index in [2.05, 4.69) is 10.3 Å². The number of likely N-dealkylation sites (tertiary alicyclic amines) is 1. The number of piperidine rings is 1. The molecule has 4 amide bonds. The van der Waals surface area contributed by atoms with E-state index in [0.717, 1.165) is 15.5 Å². The molecule has 0 atom stereocenters. The van der Waals surface area contributed by atoms with Crippen LogP contribution in [-0.2, 0) is 11.2 Å². The standard InChI is InChI=1S/C19H20N4O3S/c1-22-17(25)19(21-18(22)26)7-9-23(10-8-19)16(24)14-12-27-15(20-14)11-13-5-3-2-4-6-13/h2-6,12H,7-11H2,1H3,(H,21,26). The van der Waals surface area contributed by atoms with E-state index < -0.39 is 5.54 Å². The van der Waals surface area contributed by atoms with Crippen molar-refractivity contribution in [1.29, 1.82) is 0 Å². The van der Waals surface area contributed by atoms with Gasteiger partial charge in [-0.05, 0) is 18.4 Å². The molecule has 1 N–H and O–H groups in total. The summed E-state index contributed by atoms with van der Waals surface area (Å²) >= 11 is 1.48. The number of carbonyl (C=O) groups excluding carboxylic acids is 3. The van der Waals surface area contributed by atoms with E-state index in [1.807, 2.05) is 30.3 Å². The van der Waals surface area contributed by atoms with Gasteiger partial charge in [-0.15, -0.1) is 11.3 Å². The molecule has 27 heavy (non-hydrogen) atoms. The van der Waals surface area contributed by atoms with Gasteiger partial charge in [0, 0.05) is 31.9 Å². The first kappa shape index (κ1) is 17.7. The van der Waals surface area contributed by atoms with Crippen LogP contribution in [-0.4, -0.2) is 58.3 Å². The highest BCUT2D eigenvalue weighted by Gasteiger charge is 2.51. The lowest BCUT2D eigenvalue weighted by atomic mass is 9.87. The number of hydrogen-bond donors (Lipinski definition) is 1. The molecular weight excluding hydrogens is 364 g/mol. The van der Waals surface area contributed by atoms with E-state index in [-0.39, 0.29) is 17.8 Å². The quantitative estimate of drug-likeness (QED) is 0.820. The number of benzene rings is 1. The van der Waals surface area contributed by atoms with Crippen molar-refractivity contribution < 1.29 is 14.4 Å². The van der Waals surface area contributed by atoms with Crippen LogP contribution in [0.15, 0.2) is 35.7 Å². The van der Waals surface area contributed by atoms with E-state index in [9.17, 15) is 14.4 Å². The maximum absolute atomic E-state index is 12.8. The lowest BCUT2D eigenvalue weighted by Crippen LogP contribution is -2.55. The summed E-state index contributed by atoms with van der Waals surface area (Å²) in [6.07, 6.45) is 1.55. The third-order valence-electron chi connectivity index (χ3n) is 5.24. The number of thiazole rings is 1. The Kier molecular flexibility index (Phi) is 4.43. The molecule has 140 valence electrons. The summed E-state index contributed by atoms with van der Waals surface area (Å²) < 4.78 is 0. The summed E-state index contributed by atoms with van der Waals surface area (Å²) in [6.45, 7) is 0.842. The lowest BCUT2D eigenvalue weighted by molar-refractivity contribution is -0.131. The van der Waals surface area contributed by atoms with Crippen LogP contribution in [0.3, 0.4) is 0 Å². The molecule has 4 rings (SSSR count). The third-order valence-corrected chi connectivity index (χ3v) is 6.09. The van der Waals surface area contributed by atoms with Crippen molar-refractivity contribution in [2.45, 2.75) is 24.8 Å². The number of imide groups is 1. The van der Waals surface area contributed by atoms with E-state index in [1.54, 1.807) is 10.3 Å². The number of aromatic nitrogens is 1. The third kappa shape index (κ3) is 3.21. The van der Waals surface area contributed by atoms with Gasteiger partial charge < -0.3 is 10.2 Å². The van der Waals surface area contributed by atoms with Gasteiger partial charge in [0.1, 0.15) is 11.2 Å². The Hall–Kier alpha value is -2.74. The van der Waals surface area contributed by atoms with E-state index in [1.165, 1.54) is 18.4 Å². The number of carbonyl (C=O) groups is 3. The number of nitrogens with zero attached hydrogens (tertiary/aromatic N) is 3. The molecule has 0 unspecified atom stereocenters. The molecule has 3 heterocycles. The Bertz CT molecular complexity index is 887. The minimum absolute atomic E-state index is 0.120. The van der Waals surface area contributed by atoms with Crippen molar-refractivity contribution in [3.05, 3.63) is 52.0 Å². The van der Waals surface area contributed by atoms with Crippen LogP contribution in [0.1, 0.15) is 33.9 Å². The summed E-state index contributed by atoms with van der Waals surface area (Å²) in [7, 11) is 1.48. The van der Waals surface area contributed by atoms with Crippen molar-refractivity contribution in [2.75, 3.05) is 20.1 Å². The fraction of sp³-hybridized carbons (Fsp3) is 0.368. The van der Waals surface area contributed by atoms with Gasteiger partial charge >= 0.3 is 6.03 Å². The van der Waals surface area contributed by atoms with Gasteiger partial charge in [-0.25, -0.2) is 9.78 Å². The molecule has 0 aliphatic carbocycles. The minimum Gasteiger partial charge on any atom is -0.337 e. The summed E-state index contributed by atoms with van der Waals surface area (Å²) in [6, 6.07) is 9.65. The fourth-order valence-corrected chi connectivity index (χ4v) is 4.41. The molecule has 1 aromatic carbocycles. The van der Waals surface area contributed by atoms with Gasteiger partial charge in [0.2, 0.25) is 0 Å². The van der Waals surface area contributed by atoms with Crippen LogP contribution >= 0.6 is 11.3 Å². The fourth-order valence-electron chi connectivity index (χ4n) is 3.61. The minimum atomic E-state index is -0.858. The SMILES string of the molecule is CN1C(=O)NC2(CCN(C(=O)c3csc(Cc4ccccc4)n3)CC2)C1=O. The highest BCUT2D eigenvalue weighted by atomic mass is 32.1. The smallest absolute Gasteiger partial charge is 0.324 e. The average molecular weight is 384 g/mol. The molecule has 7 nitrogen and oxygen atoms in total. The topological polar surface area (TPSA) is 82.6 Å². The first-order valence-corrected chi connectivity index (χ1v) is 9.74. The molecule has 2 aliphatic rings. The van der Waals surface area contributed by atoms with Gasteiger partial charge in [-0.2, -0.15) is 0 Å². The zero-order valence-corrected chi connectivity index (χ0v) is 15.8. The van der Waals surface area contributed by atoms with Gasteiger partial charge in [0.05, 0.1) is 5.01 Å². The molecule has 2 aliphatic heterocycles. The molecule has 1 aromatic heterocycles. The number of amides is 4. The number of nitrogens with one attached hydrogen (secondary N) is 1. The summed E-state index contributed by atoms with van der Waals surface area (Å²) in [5.41, 5.74) is 0.745. The maximum Gasteiger partial charge on any atom is 0.324 e. The monoisotopic (exact) mass is 384 g/mol. The average Bonchev–Trinajstić information content (AvgIpc) is 3.22. The second kappa shape index (κ2) is 6.77. The van der Waals surface area contributed by atoms with Crippen LogP contribution in [0, 0.1) is 0 Å². The molecule has 0 bridgehead atoms. The van der Waals surface area contributed by atoms with Crippen molar-refractivity contribution in [3.8, 4) is 0 Å². The summed E-state index contributed by atoms with van der Waals surface area (Å²) in [5.74, 6) is -0.330. The molecule has 0 radical (unpaired) electrons. The van der Waals surface area contributed by atoms with Crippen molar-refractivity contribution in [3.63, 3.8) is 0 Å². The number of rotatable bonds is 3. The Morgan fingerprint density at radius 1 is 1.22 bits per heavy atom. The second-order valence-corrected chi connectivity index (χ2v) is 7.90. The van der Waals surface area contributed by atoms with Gasteiger partial charge in [-0.3, -0.25) is 14.5 Å². The highest BCUT2D eigenvalue weighted by Crippen LogP contribution is 2.29. The Balaban J connectivity index is 1.40. The Labute approximate surface area is 161 Å². The van der Waals surface area contributed by atoms with Crippen molar-refractivity contribution in [2.24, 2.45) is 0 Å². The number of hydrogen-bond acceptors (Lipinski definition) is 5. The largest absolute Gasteiger partial charge is 0.337 e. The molecule has 2 saturated heterocycles. The Morgan fingerprint density at radius 3 is 2.56 bits per heavy atom. The predicted octanol–water partition coefficient (Wildman–Crippen LogP) is 1.89. The van der Waals surface area contributed by atoms with Crippen LogP contribution < -0.4 is 5.32 Å². The highest BCUT2D eigenvalue weighted by molar-refractivity contribution is 7.09. The first-order valence-electron chi connectivity index (χ1n) is 8.86.